The van der Waals surface area contributed by atoms with Gasteiger partial charge in [-0.2, -0.15) is 0 Å². The highest BCUT2D eigenvalue weighted by atomic mass is 19.1. The molecule has 0 aliphatic heterocycles. The number of carbonyl (C=O) groups is 1. The minimum absolute atomic E-state index is 0.104. The summed E-state index contributed by atoms with van der Waals surface area (Å²) >= 11 is 0. The molecule has 0 aliphatic carbocycles. The van der Waals surface area contributed by atoms with Gasteiger partial charge in [-0.3, -0.25) is 4.79 Å². The average Bonchev–Trinajstić information content (AvgIpc) is 2.40. The van der Waals surface area contributed by atoms with Crippen LogP contribution in [0.3, 0.4) is 0 Å². The van der Waals surface area contributed by atoms with Crippen molar-refractivity contribution in [2.75, 3.05) is 19.8 Å². The van der Waals surface area contributed by atoms with Crippen LogP contribution in [0.25, 0.3) is 0 Å². The van der Waals surface area contributed by atoms with Crippen molar-refractivity contribution in [2.24, 2.45) is 0 Å². The van der Waals surface area contributed by atoms with Gasteiger partial charge in [-0.15, -0.1) is 0 Å². The molecule has 1 N–H and O–H groups in total. The number of halogens is 1. The van der Waals surface area contributed by atoms with Gasteiger partial charge in [0, 0.05) is 19.8 Å². The Balaban J connectivity index is 2.26. The molecule has 0 fully saturated rings. The number of unbranched alkanes of at least 4 members (excludes halogenated alkanes) is 1. The molecule has 0 heterocycles. The van der Waals surface area contributed by atoms with Crippen molar-refractivity contribution < 1.29 is 13.9 Å². The second-order valence-corrected chi connectivity index (χ2v) is 4.51. The summed E-state index contributed by atoms with van der Waals surface area (Å²) in [6.07, 6.45) is 2.91. The molecule has 4 heteroatoms. The zero-order valence-corrected chi connectivity index (χ0v) is 11.7. The SMILES string of the molecule is CCCCOCCCNC(=O)c1cccc(C)c1F. The molecule has 0 bridgehead atoms. The molecule has 0 unspecified atom stereocenters. The molecular formula is C15H22FNO2. The molecule has 0 aliphatic rings. The average molecular weight is 267 g/mol. The second kappa shape index (κ2) is 8.64. The van der Waals surface area contributed by atoms with Crippen molar-refractivity contribution in [3.8, 4) is 0 Å². The van der Waals surface area contributed by atoms with Crippen LogP contribution in [0.4, 0.5) is 4.39 Å². The molecule has 0 atom stereocenters. The summed E-state index contributed by atoms with van der Waals surface area (Å²) in [5, 5.41) is 2.70. The lowest BCUT2D eigenvalue weighted by Crippen LogP contribution is -2.26. The van der Waals surface area contributed by atoms with Crippen molar-refractivity contribution in [1.82, 2.24) is 5.32 Å². The van der Waals surface area contributed by atoms with E-state index in [1.807, 2.05) is 0 Å². The Hall–Kier alpha value is -1.42. The van der Waals surface area contributed by atoms with Crippen LogP contribution >= 0.6 is 0 Å². The van der Waals surface area contributed by atoms with Crippen LogP contribution in [0.5, 0.6) is 0 Å². The lowest BCUT2D eigenvalue weighted by molar-refractivity contribution is 0.0936. The van der Waals surface area contributed by atoms with Gasteiger partial charge in [0.25, 0.3) is 5.91 Å². The molecule has 0 aromatic heterocycles. The molecule has 0 spiro atoms. The largest absolute Gasteiger partial charge is 0.381 e. The highest BCUT2D eigenvalue weighted by Gasteiger charge is 2.11. The Morgan fingerprint density at radius 2 is 2.05 bits per heavy atom. The van der Waals surface area contributed by atoms with Gasteiger partial charge in [0.05, 0.1) is 5.56 Å². The Labute approximate surface area is 114 Å². The van der Waals surface area contributed by atoms with E-state index in [4.69, 9.17) is 4.74 Å². The number of ether oxygens (including phenoxy) is 1. The molecule has 0 radical (unpaired) electrons. The predicted molar refractivity (Wildman–Crippen MR) is 73.8 cm³/mol. The van der Waals surface area contributed by atoms with Crippen molar-refractivity contribution in [2.45, 2.75) is 33.1 Å². The molecule has 1 amide bonds. The Kier molecular flexibility index (Phi) is 7.11. The summed E-state index contributed by atoms with van der Waals surface area (Å²) in [7, 11) is 0. The lowest BCUT2D eigenvalue weighted by atomic mass is 10.1. The van der Waals surface area contributed by atoms with Gasteiger partial charge >= 0.3 is 0 Å². The van der Waals surface area contributed by atoms with Gasteiger partial charge < -0.3 is 10.1 Å². The third kappa shape index (κ3) is 5.39. The molecular weight excluding hydrogens is 245 g/mol. The van der Waals surface area contributed by atoms with E-state index in [-0.39, 0.29) is 11.5 Å². The number of hydrogen-bond donors (Lipinski definition) is 1. The fraction of sp³-hybridized carbons (Fsp3) is 0.533. The van der Waals surface area contributed by atoms with E-state index in [0.29, 0.717) is 18.7 Å². The molecule has 1 aromatic rings. The minimum Gasteiger partial charge on any atom is -0.381 e. The number of benzene rings is 1. The topological polar surface area (TPSA) is 38.3 Å². The Bertz CT molecular complexity index is 407. The maximum absolute atomic E-state index is 13.7. The maximum atomic E-state index is 13.7. The predicted octanol–water partition coefficient (Wildman–Crippen LogP) is 3.07. The fourth-order valence-corrected chi connectivity index (χ4v) is 1.64. The molecule has 19 heavy (non-hydrogen) atoms. The molecule has 1 aromatic carbocycles. The van der Waals surface area contributed by atoms with Crippen LogP contribution in [-0.2, 0) is 4.74 Å². The number of rotatable bonds is 8. The quantitative estimate of drug-likeness (QED) is 0.735. The van der Waals surface area contributed by atoms with E-state index in [9.17, 15) is 9.18 Å². The normalized spacial score (nSPS) is 10.5. The smallest absolute Gasteiger partial charge is 0.254 e. The summed E-state index contributed by atoms with van der Waals surface area (Å²) in [6, 6.07) is 4.82. The van der Waals surface area contributed by atoms with Gasteiger partial charge in [0.1, 0.15) is 5.82 Å². The summed E-state index contributed by atoms with van der Waals surface area (Å²) in [4.78, 5) is 11.8. The van der Waals surface area contributed by atoms with Crippen molar-refractivity contribution in [1.29, 1.82) is 0 Å². The standard InChI is InChI=1S/C15H22FNO2/c1-3-4-10-19-11-6-9-17-15(18)13-8-5-7-12(2)14(13)16/h5,7-8H,3-4,6,9-11H2,1-2H3,(H,17,18). The van der Waals surface area contributed by atoms with E-state index in [2.05, 4.69) is 12.2 Å². The minimum atomic E-state index is -0.445. The van der Waals surface area contributed by atoms with Gasteiger partial charge in [-0.25, -0.2) is 4.39 Å². The van der Waals surface area contributed by atoms with Gasteiger partial charge in [0.2, 0.25) is 0 Å². The van der Waals surface area contributed by atoms with E-state index in [1.165, 1.54) is 6.07 Å². The van der Waals surface area contributed by atoms with Gasteiger partial charge in [-0.1, -0.05) is 25.5 Å². The van der Waals surface area contributed by atoms with Crippen LogP contribution in [-0.4, -0.2) is 25.7 Å². The first kappa shape index (κ1) is 15.6. The van der Waals surface area contributed by atoms with Crippen LogP contribution in [0, 0.1) is 12.7 Å². The highest BCUT2D eigenvalue weighted by Crippen LogP contribution is 2.11. The van der Waals surface area contributed by atoms with Crippen LogP contribution in [0.2, 0.25) is 0 Å². The van der Waals surface area contributed by atoms with Crippen LogP contribution in [0.15, 0.2) is 18.2 Å². The summed E-state index contributed by atoms with van der Waals surface area (Å²) < 4.78 is 19.1. The number of nitrogens with one attached hydrogen (secondary N) is 1. The fourth-order valence-electron chi connectivity index (χ4n) is 1.64. The van der Waals surface area contributed by atoms with Crippen LogP contribution < -0.4 is 5.32 Å². The molecule has 0 saturated heterocycles. The van der Waals surface area contributed by atoms with Gasteiger partial charge in [0.15, 0.2) is 0 Å². The molecule has 106 valence electrons. The highest BCUT2D eigenvalue weighted by molar-refractivity contribution is 5.94. The first-order valence-electron chi connectivity index (χ1n) is 6.78. The number of aryl methyl sites for hydroxylation is 1. The third-order valence-corrected chi connectivity index (χ3v) is 2.83. The summed E-state index contributed by atoms with van der Waals surface area (Å²) in [5.74, 6) is -0.811. The monoisotopic (exact) mass is 267 g/mol. The molecule has 3 nitrogen and oxygen atoms in total. The van der Waals surface area contributed by atoms with Gasteiger partial charge in [-0.05, 0) is 31.4 Å². The first-order chi connectivity index (χ1) is 9.16. The zero-order chi connectivity index (χ0) is 14.1. The van der Waals surface area contributed by atoms with E-state index < -0.39 is 5.82 Å². The summed E-state index contributed by atoms with van der Waals surface area (Å²) in [6.45, 7) is 5.64. The van der Waals surface area contributed by atoms with E-state index in [1.54, 1.807) is 19.1 Å². The second-order valence-electron chi connectivity index (χ2n) is 4.51. The van der Waals surface area contributed by atoms with Crippen molar-refractivity contribution in [3.63, 3.8) is 0 Å². The van der Waals surface area contributed by atoms with E-state index in [0.717, 1.165) is 25.9 Å². The Morgan fingerprint density at radius 1 is 1.32 bits per heavy atom. The number of amides is 1. The Morgan fingerprint density at radius 3 is 2.79 bits per heavy atom. The molecule has 1 rings (SSSR count). The number of carbonyl (C=O) groups excluding carboxylic acids is 1. The van der Waals surface area contributed by atoms with Crippen LogP contribution in [0.1, 0.15) is 42.1 Å². The third-order valence-electron chi connectivity index (χ3n) is 2.83. The van der Waals surface area contributed by atoms with Crippen molar-refractivity contribution >= 4 is 5.91 Å². The van der Waals surface area contributed by atoms with Crippen molar-refractivity contribution in [3.05, 3.63) is 35.1 Å². The van der Waals surface area contributed by atoms with E-state index >= 15 is 0 Å². The lowest BCUT2D eigenvalue weighted by Gasteiger charge is -2.07. The number of hydrogen-bond acceptors (Lipinski definition) is 2. The zero-order valence-electron chi connectivity index (χ0n) is 11.7. The maximum Gasteiger partial charge on any atom is 0.254 e. The summed E-state index contributed by atoms with van der Waals surface area (Å²) in [5.41, 5.74) is 0.586. The molecule has 0 saturated carbocycles. The first-order valence-corrected chi connectivity index (χ1v) is 6.78.